The molecule has 4 aliphatic heterocycles. The zero-order chi connectivity index (χ0) is 53.2. The standard InChI is InChI=1S/C72H50B2N2S4/c1-71(2)53-37-47(75(43-21-9-5-10-22-43)44-23-11-6-12-24-44)33-35-49(53)51-39-63-67-69(65(51)71)79-59-31-19-17-29-55(59)73(67)57-41-58-62(42-61(57)77-63)78-64-40-52-50-36-34-48(76(45-25-13-7-14-26-45)46-27-15-8-16-28-46)38-54(50)72(3,4)66(52)70-68(64)74(58)56-30-18-20-32-60(56)80-70/h5-42H,1-4H3. The van der Waals surface area contributed by atoms with Crippen molar-refractivity contribution in [2.45, 2.75) is 77.7 Å². The SMILES string of the molecule is CC1(C)c2cc(N(c3ccccc3)c3ccccc3)ccc2-c2cc3c4c(c21)Sc1ccccc1B4c1cc2c(cc1S3)Sc1cc3c(c4c1B2c1ccccc1S4)C(C)(C)c1cc(N(c2ccccc2)c2ccccc2)ccc1-3. The Balaban J connectivity index is 0.816. The quantitative estimate of drug-likeness (QED) is 0.152. The van der Waals surface area contributed by atoms with Gasteiger partial charge in [-0.15, -0.1) is 0 Å². The predicted octanol–water partition coefficient (Wildman–Crippen LogP) is 16.1. The first-order valence-corrected chi connectivity index (χ1v) is 31.1. The molecular weight excluding hydrogens is 1040 g/mol. The van der Waals surface area contributed by atoms with E-state index in [1.165, 1.54) is 128 Å². The molecule has 0 fully saturated rings. The predicted molar refractivity (Wildman–Crippen MR) is 343 cm³/mol. The third-order valence-corrected chi connectivity index (χ3v) is 22.7. The zero-order valence-corrected chi connectivity index (χ0v) is 47.9. The Morgan fingerprint density at radius 1 is 0.287 bits per heavy atom. The van der Waals surface area contributed by atoms with Gasteiger partial charge in [-0.1, -0.05) is 224 Å². The lowest BCUT2D eigenvalue weighted by molar-refractivity contribution is 0.647. The molecule has 11 aromatic rings. The van der Waals surface area contributed by atoms with Crippen molar-refractivity contribution in [1.29, 1.82) is 0 Å². The van der Waals surface area contributed by atoms with Crippen molar-refractivity contribution < 1.29 is 0 Å². The lowest BCUT2D eigenvalue weighted by Crippen LogP contribution is -2.62. The van der Waals surface area contributed by atoms with E-state index < -0.39 is 0 Å². The molecule has 0 spiro atoms. The summed E-state index contributed by atoms with van der Waals surface area (Å²) in [5.74, 6) is 0. The molecule has 0 saturated heterocycles. The van der Waals surface area contributed by atoms with Gasteiger partial charge in [0.1, 0.15) is 0 Å². The van der Waals surface area contributed by atoms with E-state index in [-0.39, 0.29) is 24.3 Å². The first-order valence-electron chi connectivity index (χ1n) is 27.8. The Labute approximate surface area is 486 Å². The molecule has 378 valence electrons. The van der Waals surface area contributed by atoms with Crippen LogP contribution >= 0.6 is 47.0 Å². The van der Waals surface area contributed by atoms with Crippen LogP contribution in [0.25, 0.3) is 22.3 Å². The van der Waals surface area contributed by atoms with Crippen molar-refractivity contribution in [2.75, 3.05) is 9.80 Å². The van der Waals surface area contributed by atoms with Crippen LogP contribution in [0.1, 0.15) is 49.9 Å². The molecule has 80 heavy (non-hydrogen) atoms. The van der Waals surface area contributed by atoms with Gasteiger partial charge in [-0.3, -0.25) is 0 Å². The smallest absolute Gasteiger partial charge is 0.247 e. The lowest BCUT2D eigenvalue weighted by atomic mass is 9.33. The van der Waals surface area contributed by atoms with Crippen molar-refractivity contribution in [2.24, 2.45) is 0 Å². The summed E-state index contributed by atoms with van der Waals surface area (Å²) in [5, 5.41) is 0. The fourth-order valence-electron chi connectivity index (χ4n) is 14.5. The van der Waals surface area contributed by atoms with E-state index in [2.05, 4.69) is 268 Å². The molecule has 0 amide bonds. The Kier molecular flexibility index (Phi) is 10.4. The fourth-order valence-corrected chi connectivity index (χ4v) is 20.1. The van der Waals surface area contributed by atoms with Gasteiger partial charge in [0.25, 0.3) is 0 Å². The first-order chi connectivity index (χ1) is 39.2. The van der Waals surface area contributed by atoms with Gasteiger partial charge in [0.05, 0.1) is 0 Å². The minimum absolute atomic E-state index is 0.110. The average Bonchev–Trinajstić information content (AvgIpc) is 4.08. The monoisotopic (exact) mass is 1090 g/mol. The third-order valence-electron chi connectivity index (χ3n) is 18.0. The molecule has 8 heteroatoms. The number of benzene rings is 11. The van der Waals surface area contributed by atoms with Crippen LogP contribution in [0, 0.1) is 0 Å². The van der Waals surface area contributed by atoms with Crippen LogP contribution < -0.4 is 42.6 Å². The second-order valence-electron chi connectivity index (χ2n) is 23.1. The second-order valence-corrected chi connectivity index (χ2v) is 27.4. The summed E-state index contributed by atoms with van der Waals surface area (Å²) >= 11 is 8.01. The van der Waals surface area contributed by atoms with Crippen LogP contribution in [0.4, 0.5) is 34.1 Å². The van der Waals surface area contributed by atoms with Gasteiger partial charge in [0.2, 0.25) is 13.4 Å². The molecule has 17 rings (SSSR count). The number of hydrogen-bond donors (Lipinski definition) is 0. The summed E-state index contributed by atoms with van der Waals surface area (Å²) in [6.07, 6.45) is 0. The van der Waals surface area contributed by atoms with E-state index in [1.54, 1.807) is 0 Å². The van der Waals surface area contributed by atoms with Gasteiger partial charge in [0, 0.05) is 84.1 Å². The van der Waals surface area contributed by atoms with Crippen molar-refractivity contribution >= 4 is 127 Å². The lowest BCUT2D eigenvalue weighted by Gasteiger charge is -2.39. The molecule has 4 heterocycles. The summed E-state index contributed by atoms with van der Waals surface area (Å²) in [5.41, 5.74) is 26.3. The largest absolute Gasteiger partial charge is 0.310 e. The molecule has 0 saturated carbocycles. The van der Waals surface area contributed by atoms with Gasteiger partial charge in [-0.2, -0.15) is 0 Å². The summed E-state index contributed by atoms with van der Waals surface area (Å²) in [4.78, 5) is 16.0. The van der Waals surface area contributed by atoms with Gasteiger partial charge in [0.15, 0.2) is 0 Å². The van der Waals surface area contributed by atoms with Crippen LogP contribution in [0.2, 0.25) is 0 Å². The molecule has 2 aliphatic carbocycles. The molecule has 0 radical (unpaired) electrons. The summed E-state index contributed by atoms with van der Waals surface area (Å²) in [6, 6.07) is 86.8. The molecule has 11 aromatic carbocycles. The van der Waals surface area contributed by atoms with E-state index in [0.717, 1.165) is 22.7 Å². The Hall–Kier alpha value is -7.45. The number of fused-ring (bicyclic) bond motifs is 16. The maximum absolute atomic E-state index is 2.68. The van der Waals surface area contributed by atoms with Crippen LogP contribution in [-0.2, 0) is 10.8 Å². The highest BCUT2D eigenvalue weighted by Gasteiger charge is 2.49. The molecule has 2 nitrogen and oxygen atoms in total. The van der Waals surface area contributed by atoms with Crippen LogP contribution in [0.3, 0.4) is 0 Å². The number of nitrogens with zero attached hydrogens (tertiary/aromatic N) is 2. The van der Waals surface area contributed by atoms with Gasteiger partial charge < -0.3 is 9.80 Å². The zero-order valence-electron chi connectivity index (χ0n) is 44.6. The Morgan fingerprint density at radius 2 is 0.650 bits per heavy atom. The van der Waals surface area contributed by atoms with E-state index in [4.69, 9.17) is 0 Å². The van der Waals surface area contributed by atoms with Crippen molar-refractivity contribution in [3.05, 3.63) is 253 Å². The first kappa shape index (κ1) is 47.4. The van der Waals surface area contributed by atoms with Gasteiger partial charge >= 0.3 is 0 Å². The minimum atomic E-state index is -0.243. The molecule has 6 aliphatic rings. The van der Waals surface area contributed by atoms with Crippen LogP contribution in [0.15, 0.2) is 270 Å². The summed E-state index contributed by atoms with van der Waals surface area (Å²) in [7, 11) is 0. The number of para-hydroxylation sites is 4. The number of anilines is 6. The van der Waals surface area contributed by atoms with Crippen molar-refractivity contribution in [3.8, 4) is 22.3 Å². The third kappa shape index (κ3) is 6.77. The molecule has 0 bridgehead atoms. The summed E-state index contributed by atoms with van der Waals surface area (Å²) in [6.45, 7) is 10.1. The Bertz CT molecular complexity index is 4090. The van der Waals surface area contributed by atoms with Gasteiger partial charge in [-0.05, 0) is 159 Å². The molecular formula is C72H50B2N2S4. The van der Waals surface area contributed by atoms with Crippen molar-refractivity contribution in [3.63, 3.8) is 0 Å². The summed E-state index contributed by atoms with van der Waals surface area (Å²) < 4.78 is 0. The maximum Gasteiger partial charge on any atom is 0.247 e. The highest BCUT2D eigenvalue weighted by Crippen LogP contribution is 2.59. The highest BCUT2D eigenvalue weighted by molar-refractivity contribution is 8.02. The van der Waals surface area contributed by atoms with Crippen LogP contribution in [0.5, 0.6) is 0 Å². The van der Waals surface area contributed by atoms with Gasteiger partial charge in [-0.25, -0.2) is 0 Å². The molecule has 0 aromatic heterocycles. The molecule has 0 N–H and O–H groups in total. The number of hydrogen-bond acceptors (Lipinski definition) is 6. The average molecular weight is 1090 g/mol. The Morgan fingerprint density at radius 3 is 1.04 bits per heavy atom. The molecule has 0 atom stereocenters. The van der Waals surface area contributed by atoms with Crippen molar-refractivity contribution in [1.82, 2.24) is 0 Å². The molecule has 0 unspecified atom stereocenters. The highest BCUT2D eigenvalue weighted by atomic mass is 32.2. The van der Waals surface area contributed by atoms with E-state index in [1.807, 2.05) is 47.0 Å². The number of rotatable bonds is 6. The van der Waals surface area contributed by atoms with E-state index >= 15 is 0 Å². The van der Waals surface area contributed by atoms with E-state index in [0.29, 0.717) is 0 Å². The van der Waals surface area contributed by atoms with Crippen LogP contribution in [-0.4, -0.2) is 13.4 Å². The second kappa shape index (κ2) is 17.5. The van der Waals surface area contributed by atoms with E-state index in [9.17, 15) is 0 Å². The fraction of sp³-hybridized carbons (Fsp3) is 0.0833. The maximum atomic E-state index is 2.68. The topological polar surface area (TPSA) is 6.48 Å². The normalized spacial score (nSPS) is 15.2. The minimum Gasteiger partial charge on any atom is -0.310 e.